The molecule has 5 nitrogen and oxygen atoms in total. The summed E-state index contributed by atoms with van der Waals surface area (Å²) in [6.07, 6.45) is 2.75. The first-order valence-electron chi connectivity index (χ1n) is 6.22. The molecule has 1 aromatic heterocycles. The molecule has 0 aromatic carbocycles. The maximum atomic E-state index is 11.9. The van der Waals surface area contributed by atoms with Crippen molar-refractivity contribution in [1.29, 1.82) is 0 Å². The minimum Gasteiger partial charge on any atom is -0.349 e. The second-order valence-corrected chi connectivity index (χ2v) is 4.29. The molecule has 1 aromatic rings. The van der Waals surface area contributed by atoms with Crippen molar-refractivity contribution >= 4 is 11.7 Å². The van der Waals surface area contributed by atoms with Crippen molar-refractivity contribution in [3.8, 4) is 0 Å². The van der Waals surface area contributed by atoms with Crippen LogP contribution in [0.4, 0.5) is 0 Å². The van der Waals surface area contributed by atoms with Gasteiger partial charge in [-0.2, -0.15) is 0 Å². The number of carbonyl (C=O) groups is 2. The largest absolute Gasteiger partial charge is 0.349 e. The van der Waals surface area contributed by atoms with Crippen molar-refractivity contribution < 1.29 is 9.59 Å². The summed E-state index contributed by atoms with van der Waals surface area (Å²) >= 11 is 0. The molecule has 0 radical (unpaired) electrons. The van der Waals surface area contributed by atoms with E-state index in [9.17, 15) is 9.59 Å². The Morgan fingerprint density at radius 3 is 2.56 bits per heavy atom. The lowest BCUT2D eigenvalue weighted by Gasteiger charge is -2.06. The highest BCUT2D eigenvalue weighted by molar-refractivity contribution is 5.99. The first-order chi connectivity index (χ1) is 8.56. The smallest absolute Gasteiger partial charge is 0.267 e. The zero-order chi connectivity index (χ0) is 13.5. The molecule has 2 N–H and O–H groups in total. The highest BCUT2D eigenvalue weighted by atomic mass is 16.2. The van der Waals surface area contributed by atoms with Crippen LogP contribution in [0.15, 0.2) is 12.3 Å². The Balaban J connectivity index is 2.48. The second-order valence-electron chi connectivity index (χ2n) is 4.29. The number of aryl methyl sites for hydroxylation is 1. The number of carbonyl (C=O) groups excluding carboxylic acids is 2. The Hall–Kier alpha value is -1.62. The van der Waals surface area contributed by atoms with Gasteiger partial charge in [-0.25, -0.2) is 0 Å². The fraction of sp³-hybridized carbons (Fsp3) is 0.538. The van der Waals surface area contributed by atoms with Gasteiger partial charge in [-0.1, -0.05) is 6.92 Å². The number of ketones is 1. The van der Waals surface area contributed by atoms with Crippen molar-refractivity contribution in [2.24, 2.45) is 7.05 Å². The zero-order valence-corrected chi connectivity index (χ0v) is 11.2. The third-order valence-corrected chi connectivity index (χ3v) is 2.66. The van der Waals surface area contributed by atoms with E-state index in [1.807, 2.05) is 0 Å². The average molecular weight is 251 g/mol. The number of nitrogens with zero attached hydrogens (tertiary/aromatic N) is 1. The van der Waals surface area contributed by atoms with Gasteiger partial charge in [0.2, 0.25) is 0 Å². The molecular weight excluding hydrogens is 230 g/mol. The number of nitrogens with one attached hydrogen (secondary N) is 2. The lowest BCUT2D eigenvalue weighted by atomic mass is 10.2. The van der Waals surface area contributed by atoms with Crippen molar-refractivity contribution in [1.82, 2.24) is 15.2 Å². The Morgan fingerprint density at radius 1 is 1.28 bits per heavy atom. The van der Waals surface area contributed by atoms with Crippen LogP contribution in [0.5, 0.6) is 0 Å². The molecule has 0 bridgehead atoms. The maximum Gasteiger partial charge on any atom is 0.267 e. The SMILES string of the molecule is CCCNCCNC(=O)c1cc(C(C)=O)cn1C. The van der Waals surface area contributed by atoms with Gasteiger partial charge in [-0.05, 0) is 26.0 Å². The third-order valence-electron chi connectivity index (χ3n) is 2.66. The lowest BCUT2D eigenvalue weighted by molar-refractivity contribution is 0.0945. The average Bonchev–Trinajstić information content (AvgIpc) is 2.71. The number of rotatable bonds is 7. The number of Topliss-reactive ketones (excluding diaryl/α,β-unsaturated/α-hetero) is 1. The second kappa shape index (κ2) is 6.96. The van der Waals surface area contributed by atoms with E-state index in [4.69, 9.17) is 0 Å². The first-order valence-corrected chi connectivity index (χ1v) is 6.22. The van der Waals surface area contributed by atoms with Gasteiger partial charge >= 0.3 is 0 Å². The Labute approximate surface area is 108 Å². The van der Waals surface area contributed by atoms with Crippen LogP contribution in [0, 0.1) is 0 Å². The summed E-state index contributed by atoms with van der Waals surface area (Å²) in [6, 6.07) is 1.62. The van der Waals surface area contributed by atoms with Crippen LogP contribution in [-0.2, 0) is 7.05 Å². The van der Waals surface area contributed by atoms with Crippen molar-refractivity contribution in [3.05, 3.63) is 23.5 Å². The molecule has 100 valence electrons. The molecule has 1 rings (SSSR count). The van der Waals surface area contributed by atoms with Gasteiger partial charge in [0.1, 0.15) is 5.69 Å². The monoisotopic (exact) mass is 251 g/mol. The predicted molar refractivity (Wildman–Crippen MR) is 70.9 cm³/mol. The van der Waals surface area contributed by atoms with Gasteiger partial charge in [0.25, 0.3) is 5.91 Å². The molecule has 18 heavy (non-hydrogen) atoms. The van der Waals surface area contributed by atoms with Crippen LogP contribution in [-0.4, -0.2) is 35.9 Å². The standard InChI is InChI=1S/C13H21N3O2/c1-4-5-14-6-7-15-13(18)12-8-11(10(2)17)9-16(12)3/h8-9,14H,4-7H2,1-3H3,(H,15,18). The van der Waals surface area contributed by atoms with E-state index in [0.717, 1.165) is 19.5 Å². The Morgan fingerprint density at radius 2 is 2.00 bits per heavy atom. The maximum absolute atomic E-state index is 11.9. The summed E-state index contributed by atoms with van der Waals surface area (Å²) in [5.41, 5.74) is 1.07. The van der Waals surface area contributed by atoms with E-state index >= 15 is 0 Å². The number of aromatic nitrogens is 1. The van der Waals surface area contributed by atoms with Crippen molar-refractivity contribution in [2.45, 2.75) is 20.3 Å². The molecular formula is C13H21N3O2. The summed E-state index contributed by atoms with van der Waals surface area (Å²) in [5.74, 6) is -0.183. The summed E-state index contributed by atoms with van der Waals surface area (Å²) in [5, 5.41) is 6.02. The summed E-state index contributed by atoms with van der Waals surface area (Å²) in [6.45, 7) is 5.88. The molecule has 0 spiro atoms. The van der Waals surface area contributed by atoms with E-state index in [2.05, 4.69) is 17.6 Å². The molecule has 0 aliphatic rings. The molecule has 1 amide bonds. The van der Waals surface area contributed by atoms with Gasteiger partial charge < -0.3 is 15.2 Å². The quantitative estimate of drug-likeness (QED) is 0.560. The molecule has 0 aliphatic heterocycles. The molecule has 5 heteroatoms. The minimum atomic E-state index is -0.150. The highest BCUT2D eigenvalue weighted by Crippen LogP contribution is 2.07. The molecule has 0 saturated carbocycles. The van der Waals surface area contributed by atoms with Gasteiger partial charge in [0.15, 0.2) is 5.78 Å². The minimum absolute atomic E-state index is 0.0331. The van der Waals surface area contributed by atoms with Crippen LogP contribution in [0.3, 0.4) is 0 Å². The highest BCUT2D eigenvalue weighted by Gasteiger charge is 2.12. The van der Waals surface area contributed by atoms with E-state index < -0.39 is 0 Å². The van der Waals surface area contributed by atoms with Gasteiger partial charge in [0.05, 0.1) is 0 Å². The van der Waals surface area contributed by atoms with Crippen molar-refractivity contribution in [3.63, 3.8) is 0 Å². The van der Waals surface area contributed by atoms with E-state index in [0.29, 0.717) is 17.8 Å². The zero-order valence-electron chi connectivity index (χ0n) is 11.2. The molecule has 1 heterocycles. The molecule has 0 saturated heterocycles. The van der Waals surface area contributed by atoms with Crippen LogP contribution >= 0.6 is 0 Å². The van der Waals surface area contributed by atoms with Gasteiger partial charge in [-0.15, -0.1) is 0 Å². The fourth-order valence-corrected chi connectivity index (χ4v) is 1.64. The Kier molecular flexibility index (Phi) is 5.58. The van der Waals surface area contributed by atoms with Crippen LogP contribution in [0.25, 0.3) is 0 Å². The summed E-state index contributed by atoms with van der Waals surface area (Å²) in [4.78, 5) is 23.1. The van der Waals surface area contributed by atoms with Gasteiger partial charge in [-0.3, -0.25) is 9.59 Å². The Bertz CT molecular complexity index is 424. The van der Waals surface area contributed by atoms with Gasteiger partial charge in [0, 0.05) is 31.9 Å². The molecule has 0 unspecified atom stereocenters. The van der Waals surface area contributed by atoms with E-state index in [1.165, 1.54) is 6.92 Å². The van der Waals surface area contributed by atoms with E-state index in [1.54, 1.807) is 23.9 Å². The molecule has 0 atom stereocenters. The number of hydrogen-bond acceptors (Lipinski definition) is 3. The fourth-order valence-electron chi connectivity index (χ4n) is 1.64. The lowest BCUT2D eigenvalue weighted by Crippen LogP contribution is -2.32. The molecule has 0 fully saturated rings. The van der Waals surface area contributed by atoms with E-state index in [-0.39, 0.29) is 11.7 Å². The molecule has 0 aliphatic carbocycles. The van der Waals surface area contributed by atoms with Crippen LogP contribution in [0.1, 0.15) is 41.1 Å². The van der Waals surface area contributed by atoms with Crippen LogP contribution < -0.4 is 10.6 Å². The van der Waals surface area contributed by atoms with Crippen molar-refractivity contribution in [2.75, 3.05) is 19.6 Å². The summed E-state index contributed by atoms with van der Waals surface area (Å²) < 4.78 is 1.67. The van der Waals surface area contributed by atoms with Crippen LogP contribution in [0.2, 0.25) is 0 Å². The number of amides is 1. The summed E-state index contributed by atoms with van der Waals surface area (Å²) in [7, 11) is 1.76. The number of hydrogen-bond donors (Lipinski definition) is 2. The normalized spacial score (nSPS) is 10.4. The third kappa shape index (κ3) is 4.00. The predicted octanol–water partition coefficient (Wildman–Crippen LogP) is 0.957. The first kappa shape index (κ1) is 14.4. The topological polar surface area (TPSA) is 63.1 Å².